The summed E-state index contributed by atoms with van der Waals surface area (Å²) < 4.78 is 0. The van der Waals surface area contributed by atoms with Gasteiger partial charge < -0.3 is 10.2 Å². The highest BCUT2D eigenvalue weighted by Crippen LogP contribution is 2.23. The third-order valence-electron chi connectivity index (χ3n) is 4.06. The summed E-state index contributed by atoms with van der Waals surface area (Å²) in [6, 6.07) is 18.4. The van der Waals surface area contributed by atoms with E-state index in [0.717, 1.165) is 18.8 Å². The van der Waals surface area contributed by atoms with Crippen LogP contribution in [-0.2, 0) is 11.3 Å². The second-order valence-corrected chi connectivity index (χ2v) is 6.23. The predicted molar refractivity (Wildman–Crippen MR) is 95.7 cm³/mol. The van der Waals surface area contributed by atoms with Gasteiger partial charge in [-0.25, -0.2) is 0 Å². The molecule has 0 heterocycles. The molecule has 122 valence electrons. The first kappa shape index (κ1) is 17.2. The maximum atomic E-state index is 12.4. The van der Waals surface area contributed by atoms with Crippen LogP contribution in [-0.4, -0.2) is 19.0 Å². The largest absolute Gasteiger partial charge is 0.324 e. The van der Waals surface area contributed by atoms with E-state index < -0.39 is 0 Å². The van der Waals surface area contributed by atoms with Gasteiger partial charge in [0.1, 0.15) is 6.54 Å². The quantitative estimate of drug-likeness (QED) is 0.810. The minimum Gasteiger partial charge on any atom is -0.324 e. The van der Waals surface area contributed by atoms with Crippen molar-refractivity contribution >= 4 is 11.6 Å². The molecule has 0 spiro atoms. The molecule has 0 radical (unpaired) electrons. The highest BCUT2D eigenvalue weighted by Gasteiger charge is 2.15. The van der Waals surface area contributed by atoms with Gasteiger partial charge >= 0.3 is 0 Å². The summed E-state index contributed by atoms with van der Waals surface area (Å²) in [4.78, 5) is 13.7. The summed E-state index contributed by atoms with van der Waals surface area (Å²) in [5.41, 5.74) is 3.38. The Hall–Kier alpha value is -2.13. The minimum atomic E-state index is 0.0749. The van der Waals surface area contributed by atoms with Crippen molar-refractivity contribution in [2.45, 2.75) is 33.2 Å². The van der Waals surface area contributed by atoms with E-state index in [4.69, 9.17) is 0 Å². The van der Waals surface area contributed by atoms with Crippen LogP contribution in [0.15, 0.2) is 54.6 Å². The summed E-state index contributed by atoms with van der Waals surface area (Å²) in [6.45, 7) is 8.68. The number of carbonyl (C=O) groups is 1. The molecule has 1 atom stereocenters. The predicted octanol–water partition coefficient (Wildman–Crippen LogP) is 2.85. The number of para-hydroxylation sites is 1. The maximum Gasteiger partial charge on any atom is 0.279 e. The highest BCUT2D eigenvalue weighted by molar-refractivity contribution is 5.92. The van der Waals surface area contributed by atoms with Crippen LogP contribution < -0.4 is 10.2 Å². The lowest BCUT2D eigenvalue weighted by atomic mass is 10.0. The second-order valence-electron chi connectivity index (χ2n) is 6.23. The van der Waals surface area contributed by atoms with Crippen molar-refractivity contribution in [3.05, 3.63) is 65.7 Å². The molecule has 0 aliphatic heterocycles. The Balaban J connectivity index is 1.98. The van der Waals surface area contributed by atoms with Crippen molar-refractivity contribution in [2.24, 2.45) is 0 Å². The molecular weight excluding hydrogens is 284 g/mol. The zero-order chi connectivity index (χ0) is 16.7. The van der Waals surface area contributed by atoms with Gasteiger partial charge in [-0.1, -0.05) is 62.4 Å². The summed E-state index contributed by atoms with van der Waals surface area (Å²) in [7, 11) is 0. The average molecular weight is 311 g/mol. The molecule has 0 bridgehead atoms. The molecule has 1 amide bonds. The number of benzene rings is 2. The van der Waals surface area contributed by atoms with Crippen LogP contribution in [0.4, 0.5) is 5.69 Å². The van der Waals surface area contributed by atoms with E-state index in [1.165, 1.54) is 16.0 Å². The Morgan fingerprint density at radius 2 is 1.70 bits per heavy atom. The molecule has 0 aliphatic carbocycles. The molecule has 1 unspecified atom stereocenters. The van der Waals surface area contributed by atoms with Crippen molar-refractivity contribution in [1.82, 2.24) is 0 Å². The van der Waals surface area contributed by atoms with Gasteiger partial charge in [0.05, 0.1) is 6.54 Å². The Kier molecular flexibility index (Phi) is 6.36. The standard InChI is InChI=1S/C20H26N2O/c1-4-22(14-17-10-6-5-7-11-17)15-20(23)21-19-13-9-8-12-18(19)16(2)3/h5-13,16H,4,14-15H2,1-3H3,(H,21,23)/p+1. The lowest BCUT2D eigenvalue weighted by Crippen LogP contribution is -3.11. The molecule has 3 nitrogen and oxygen atoms in total. The van der Waals surface area contributed by atoms with Gasteiger partial charge in [0, 0.05) is 11.3 Å². The lowest BCUT2D eigenvalue weighted by molar-refractivity contribution is -0.903. The van der Waals surface area contributed by atoms with Gasteiger partial charge in [0.2, 0.25) is 0 Å². The van der Waals surface area contributed by atoms with Gasteiger partial charge in [-0.2, -0.15) is 0 Å². The van der Waals surface area contributed by atoms with Crippen molar-refractivity contribution < 1.29 is 9.69 Å². The lowest BCUT2D eigenvalue weighted by Gasteiger charge is -2.18. The van der Waals surface area contributed by atoms with Gasteiger partial charge in [0.15, 0.2) is 6.54 Å². The third-order valence-corrected chi connectivity index (χ3v) is 4.06. The van der Waals surface area contributed by atoms with E-state index in [0.29, 0.717) is 12.5 Å². The van der Waals surface area contributed by atoms with E-state index >= 15 is 0 Å². The van der Waals surface area contributed by atoms with E-state index in [-0.39, 0.29) is 5.91 Å². The zero-order valence-electron chi connectivity index (χ0n) is 14.3. The fraction of sp³-hybridized carbons (Fsp3) is 0.350. The van der Waals surface area contributed by atoms with Crippen LogP contribution in [0.25, 0.3) is 0 Å². The van der Waals surface area contributed by atoms with Crippen LogP contribution >= 0.6 is 0 Å². The van der Waals surface area contributed by atoms with Gasteiger partial charge in [-0.3, -0.25) is 4.79 Å². The molecule has 0 saturated carbocycles. The van der Waals surface area contributed by atoms with E-state index in [2.05, 4.69) is 44.3 Å². The number of hydrogen-bond acceptors (Lipinski definition) is 1. The number of carbonyl (C=O) groups excluding carboxylic acids is 1. The molecular formula is C20H27N2O+. The summed E-state index contributed by atoms with van der Waals surface area (Å²) in [5.74, 6) is 0.469. The first-order chi connectivity index (χ1) is 11.1. The van der Waals surface area contributed by atoms with Crippen LogP contribution in [0.5, 0.6) is 0 Å². The molecule has 3 heteroatoms. The normalized spacial score (nSPS) is 12.2. The Bertz CT molecular complexity index is 623. The molecule has 2 N–H and O–H groups in total. The number of quaternary nitrogens is 1. The third kappa shape index (κ3) is 5.22. The summed E-state index contributed by atoms with van der Waals surface area (Å²) >= 11 is 0. The summed E-state index contributed by atoms with van der Waals surface area (Å²) in [6.07, 6.45) is 0. The number of hydrogen-bond donors (Lipinski definition) is 2. The zero-order valence-corrected chi connectivity index (χ0v) is 14.3. The van der Waals surface area contributed by atoms with Gasteiger partial charge in [-0.05, 0) is 24.5 Å². The van der Waals surface area contributed by atoms with Crippen LogP contribution in [0.3, 0.4) is 0 Å². The number of likely N-dealkylation sites (N-methyl/N-ethyl adjacent to an activating group) is 1. The number of anilines is 1. The molecule has 0 saturated heterocycles. The first-order valence-electron chi connectivity index (χ1n) is 8.36. The SMILES string of the molecule is CC[NH+](CC(=O)Nc1ccccc1C(C)C)Cc1ccccc1. The van der Waals surface area contributed by atoms with Crippen LogP contribution in [0.2, 0.25) is 0 Å². The van der Waals surface area contributed by atoms with Gasteiger partial charge in [-0.15, -0.1) is 0 Å². The minimum absolute atomic E-state index is 0.0749. The molecule has 23 heavy (non-hydrogen) atoms. The number of amides is 1. The average Bonchev–Trinajstić information content (AvgIpc) is 2.55. The monoisotopic (exact) mass is 311 g/mol. The number of nitrogens with one attached hydrogen (secondary N) is 2. The highest BCUT2D eigenvalue weighted by atomic mass is 16.2. The van der Waals surface area contributed by atoms with Crippen molar-refractivity contribution in [3.8, 4) is 0 Å². The van der Waals surface area contributed by atoms with Crippen molar-refractivity contribution in [3.63, 3.8) is 0 Å². The Morgan fingerprint density at radius 3 is 2.35 bits per heavy atom. The molecule has 0 aromatic heterocycles. The molecule has 0 aliphatic rings. The molecule has 2 rings (SSSR count). The first-order valence-corrected chi connectivity index (χ1v) is 8.36. The molecule has 2 aromatic carbocycles. The molecule has 2 aromatic rings. The number of rotatable bonds is 7. The fourth-order valence-corrected chi connectivity index (χ4v) is 2.73. The van der Waals surface area contributed by atoms with E-state index in [1.807, 2.05) is 36.4 Å². The maximum absolute atomic E-state index is 12.4. The molecule has 0 fully saturated rings. The Labute approximate surface area is 139 Å². The van der Waals surface area contributed by atoms with Crippen molar-refractivity contribution in [2.75, 3.05) is 18.4 Å². The van der Waals surface area contributed by atoms with E-state index in [1.54, 1.807) is 0 Å². The van der Waals surface area contributed by atoms with E-state index in [9.17, 15) is 4.79 Å². The second kappa shape index (κ2) is 8.49. The van der Waals surface area contributed by atoms with Gasteiger partial charge in [0.25, 0.3) is 5.91 Å². The van der Waals surface area contributed by atoms with Crippen molar-refractivity contribution in [1.29, 1.82) is 0 Å². The van der Waals surface area contributed by atoms with Crippen LogP contribution in [0, 0.1) is 0 Å². The Morgan fingerprint density at radius 1 is 1.04 bits per heavy atom. The van der Waals surface area contributed by atoms with Crippen LogP contribution in [0.1, 0.15) is 37.8 Å². The smallest absolute Gasteiger partial charge is 0.279 e. The summed E-state index contributed by atoms with van der Waals surface area (Å²) in [5, 5.41) is 3.08. The topological polar surface area (TPSA) is 33.5 Å². The fourth-order valence-electron chi connectivity index (χ4n) is 2.73.